The van der Waals surface area contributed by atoms with Crippen molar-refractivity contribution in [3.05, 3.63) is 445 Å². The topological polar surface area (TPSA) is 77.3 Å². The van der Waals surface area contributed by atoms with E-state index >= 15 is 0 Å². The fourth-order valence-corrected chi connectivity index (χ4v) is 15.8. The fraction of sp³-hybridized carbons (Fsp3) is 0.0204. The van der Waals surface area contributed by atoms with Crippen LogP contribution in [0.25, 0.3) is 124 Å². The van der Waals surface area contributed by atoms with Gasteiger partial charge in [0.2, 0.25) is 0 Å². The molecule has 0 unspecified atom stereocenters. The van der Waals surface area contributed by atoms with Gasteiger partial charge >= 0.3 is 0 Å². The molecule has 2 aliphatic carbocycles. The molecule has 15 aromatic carbocycles. The van der Waals surface area contributed by atoms with Gasteiger partial charge < -0.3 is 0 Å². The van der Waals surface area contributed by atoms with Crippen LogP contribution in [-0.4, -0.2) is 29.9 Å². The summed E-state index contributed by atoms with van der Waals surface area (Å²) in [6.07, 6.45) is 0. The molecule has 0 aliphatic heterocycles. The van der Waals surface area contributed by atoms with Crippen molar-refractivity contribution in [2.75, 3.05) is 0 Å². The lowest BCUT2D eigenvalue weighted by Crippen LogP contribution is -2.28. The second kappa shape index (κ2) is 27.1. The maximum atomic E-state index is 5.06. The highest BCUT2D eigenvalue weighted by Gasteiger charge is 2.48. The monoisotopic (exact) mass is 1330 g/mol. The fourth-order valence-electron chi connectivity index (χ4n) is 15.8. The maximum Gasteiger partial charge on any atom is 0.164 e. The second-order valence-corrected chi connectivity index (χ2v) is 26.3. The van der Waals surface area contributed by atoms with Crippen molar-refractivity contribution in [1.29, 1.82) is 0 Å². The zero-order valence-corrected chi connectivity index (χ0v) is 56.8. The number of rotatable bonds is 13. The largest absolute Gasteiger partial charge is 0.208 e. The van der Waals surface area contributed by atoms with Crippen LogP contribution in [0, 0.1) is 0 Å². The lowest BCUT2D eigenvalue weighted by Gasteiger charge is -2.34. The zero-order valence-electron chi connectivity index (χ0n) is 56.8. The molecule has 2 aromatic heterocycles. The maximum absolute atomic E-state index is 5.06. The highest BCUT2D eigenvalue weighted by Crippen LogP contribution is 2.60. The van der Waals surface area contributed by atoms with Crippen molar-refractivity contribution in [3.63, 3.8) is 0 Å². The summed E-state index contributed by atoms with van der Waals surface area (Å²) in [6.45, 7) is 0. The molecule has 2 heterocycles. The molecule has 0 amide bonds. The van der Waals surface area contributed by atoms with Gasteiger partial charge in [0.1, 0.15) is 0 Å². The van der Waals surface area contributed by atoms with Crippen molar-refractivity contribution in [1.82, 2.24) is 29.9 Å². The van der Waals surface area contributed by atoms with Gasteiger partial charge in [-0.2, -0.15) is 0 Å². The van der Waals surface area contributed by atoms with E-state index in [9.17, 15) is 0 Å². The minimum atomic E-state index is -0.446. The van der Waals surface area contributed by atoms with Gasteiger partial charge in [-0.1, -0.05) is 400 Å². The van der Waals surface area contributed by atoms with Gasteiger partial charge in [0.15, 0.2) is 34.9 Å². The molecule has 2 aliphatic rings. The minimum absolute atomic E-state index is 0.434. The van der Waals surface area contributed by atoms with Crippen LogP contribution in [0.2, 0.25) is 0 Å². The van der Waals surface area contributed by atoms with Crippen LogP contribution in [0.15, 0.2) is 400 Å². The molecule has 19 rings (SSSR count). The van der Waals surface area contributed by atoms with Crippen molar-refractivity contribution in [3.8, 4) is 124 Å². The molecular weight excluding hydrogens is 1260 g/mol. The summed E-state index contributed by atoms with van der Waals surface area (Å²) >= 11 is 0. The molecule has 0 fully saturated rings. The molecular formula is C98H66N6. The zero-order chi connectivity index (χ0) is 69.2. The average Bonchev–Trinajstić information content (AvgIpc) is 1.54. The Balaban J connectivity index is 0.000000149. The molecule has 488 valence electrons. The summed E-state index contributed by atoms with van der Waals surface area (Å²) in [5.74, 6) is 3.89. The summed E-state index contributed by atoms with van der Waals surface area (Å²) in [7, 11) is 0. The second-order valence-electron chi connectivity index (χ2n) is 26.3. The van der Waals surface area contributed by atoms with Crippen LogP contribution >= 0.6 is 0 Å². The first-order chi connectivity index (χ1) is 51.6. The Morgan fingerprint density at radius 2 is 0.327 bits per heavy atom. The Kier molecular flexibility index (Phi) is 16.3. The first kappa shape index (κ1) is 62.6. The van der Waals surface area contributed by atoms with Crippen LogP contribution in [0.1, 0.15) is 44.5 Å². The van der Waals surface area contributed by atoms with E-state index in [4.69, 9.17) is 29.9 Å². The average molecular weight is 1330 g/mol. The van der Waals surface area contributed by atoms with Gasteiger partial charge in [0, 0.05) is 33.4 Å². The summed E-state index contributed by atoms with van der Waals surface area (Å²) in [5.41, 5.74) is 27.1. The van der Waals surface area contributed by atoms with Crippen LogP contribution in [0.5, 0.6) is 0 Å². The van der Waals surface area contributed by atoms with E-state index in [2.05, 4.69) is 303 Å². The predicted molar refractivity (Wildman–Crippen MR) is 423 cm³/mol. The molecule has 104 heavy (non-hydrogen) atoms. The Morgan fingerprint density at radius 1 is 0.135 bits per heavy atom. The molecule has 0 saturated carbocycles. The Morgan fingerprint density at radius 3 is 0.615 bits per heavy atom. The van der Waals surface area contributed by atoms with Crippen LogP contribution in [0.3, 0.4) is 0 Å². The lowest BCUT2D eigenvalue weighted by atomic mass is 9.67. The van der Waals surface area contributed by atoms with E-state index < -0.39 is 10.8 Å². The van der Waals surface area contributed by atoms with Crippen molar-refractivity contribution in [2.24, 2.45) is 0 Å². The van der Waals surface area contributed by atoms with Crippen LogP contribution < -0.4 is 0 Å². The SMILES string of the molecule is c1ccc(-c2ccc(-c3nc(-c4ccccc4)nc(-c4ccc(-c5cccc6c5-c5ccccc5C6(c5ccccc5)c5ccccc5)cc4)n3)cc2)cc1.c1ccc(-c2nc(-c3ccccc3)nc(-c3ccc(-c4cccc5c4-c4ccccc4C5(c4ccccc4)c4ccccc4)cc3)n2)cc1. The number of fused-ring (bicyclic) bond motifs is 6. The predicted octanol–water partition coefficient (Wildman–Crippen LogP) is 23.5. The molecule has 0 bridgehead atoms. The van der Waals surface area contributed by atoms with E-state index in [1.807, 2.05) is 97.1 Å². The van der Waals surface area contributed by atoms with E-state index in [1.54, 1.807) is 0 Å². The van der Waals surface area contributed by atoms with Crippen molar-refractivity contribution >= 4 is 0 Å². The molecule has 0 saturated heterocycles. The Labute approximate surface area is 605 Å². The third-order valence-corrected chi connectivity index (χ3v) is 20.5. The number of nitrogens with zero attached hydrogens (tertiary/aromatic N) is 6. The first-order valence-electron chi connectivity index (χ1n) is 35.3. The van der Waals surface area contributed by atoms with Gasteiger partial charge in [0.05, 0.1) is 10.8 Å². The van der Waals surface area contributed by atoms with E-state index in [0.717, 1.165) is 50.1 Å². The van der Waals surface area contributed by atoms with Crippen molar-refractivity contribution < 1.29 is 0 Å². The molecule has 0 atom stereocenters. The van der Waals surface area contributed by atoms with Gasteiger partial charge in [-0.25, -0.2) is 29.9 Å². The first-order valence-corrected chi connectivity index (χ1v) is 35.3. The summed E-state index contributed by atoms with van der Waals surface area (Å²) in [6, 6.07) is 142. The summed E-state index contributed by atoms with van der Waals surface area (Å²) < 4.78 is 0. The molecule has 6 nitrogen and oxygen atoms in total. The van der Waals surface area contributed by atoms with E-state index in [0.29, 0.717) is 34.9 Å². The number of hydrogen-bond acceptors (Lipinski definition) is 6. The van der Waals surface area contributed by atoms with E-state index in [-0.39, 0.29) is 0 Å². The Bertz CT molecular complexity index is 5770. The summed E-state index contributed by atoms with van der Waals surface area (Å²) in [5, 5.41) is 0. The molecule has 0 spiro atoms. The van der Waals surface area contributed by atoms with Gasteiger partial charge in [-0.3, -0.25) is 0 Å². The number of benzene rings is 15. The highest BCUT2D eigenvalue weighted by molar-refractivity contribution is 5.97. The standard InChI is InChI=1S/C52H35N3.C46H31N3/c1-5-16-36(17-6-1)37-28-32-40(33-29-37)50-53-49(39-18-7-2-8-19-39)54-51(55-50)41-34-30-38(31-35-41)44-25-15-27-47-48(44)45-24-13-14-26-46(45)52(47,42-20-9-3-10-21-42)43-22-11-4-12-23-43;1-5-16-33(17-6-1)43-47-44(34-18-7-2-8-19-34)49-45(48-43)35-30-28-32(29-31-35)38-25-15-27-41-42(38)39-24-13-14-26-40(39)46(41,36-20-9-3-10-21-36)37-22-11-4-12-23-37/h1-35H;1-31H. The van der Waals surface area contributed by atoms with Gasteiger partial charge in [-0.05, 0) is 100 Å². The molecule has 6 heteroatoms. The highest BCUT2D eigenvalue weighted by atomic mass is 15.0. The normalized spacial score (nSPS) is 12.6. The third-order valence-electron chi connectivity index (χ3n) is 20.5. The smallest absolute Gasteiger partial charge is 0.164 e. The molecule has 0 N–H and O–H groups in total. The quantitative estimate of drug-likeness (QED) is 0.114. The van der Waals surface area contributed by atoms with Crippen LogP contribution in [0.4, 0.5) is 0 Å². The Hall–Kier alpha value is -13.7. The van der Waals surface area contributed by atoms with Crippen LogP contribution in [-0.2, 0) is 10.8 Å². The van der Waals surface area contributed by atoms with Gasteiger partial charge in [-0.15, -0.1) is 0 Å². The third kappa shape index (κ3) is 11.1. The molecule has 0 radical (unpaired) electrons. The lowest BCUT2D eigenvalue weighted by molar-refractivity contribution is 0.768. The molecule has 17 aromatic rings. The number of aromatic nitrogens is 6. The number of hydrogen-bond donors (Lipinski definition) is 0. The minimum Gasteiger partial charge on any atom is -0.208 e. The van der Waals surface area contributed by atoms with Crippen molar-refractivity contribution in [2.45, 2.75) is 10.8 Å². The van der Waals surface area contributed by atoms with Gasteiger partial charge in [0.25, 0.3) is 0 Å². The summed E-state index contributed by atoms with van der Waals surface area (Å²) in [4.78, 5) is 29.8. The van der Waals surface area contributed by atoms with E-state index in [1.165, 1.54) is 83.5 Å².